The molecule has 0 unspecified atom stereocenters. The van der Waals surface area contributed by atoms with Gasteiger partial charge >= 0.3 is 0 Å². The highest BCUT2D eigenvalue weighted by Gasteiger charge is 2.07. The maximum Gasteiger partial charge on any atom is 0.161 e. The van der Waals surface area contributed by atoms with Gasteiger partial charge in [0.15, 0.2) is 11.5 Å². The Hall–Kier alpha value is -1.26. The summed E-state index contributed by atoms with van der Waals surface area (Å²) in [5, 5.41) is 2.36. The highest BCUT2D eigenvalue weighted by Crippen LogP contribution is 2.28. The Morgan fingerprint density at radius 1 is 1.10 bits per heavy atom. The Morgan fingerprint density at radius 3 is 2.57 bits per heavy atom. The highest BCUT2D eigenvalue weighted by atomic mass is 16.5. The fourth-order valence-electron chi connectivity index (χ4n) is 2.15. The van der Waals surface area contributed by atoms with Crippen molar-refractivity contribution in [3.63, 3.8) is 0 Å². The van der Waals surface area contributed by atoms with E-state index in [1.807, 2.05) is 13.0 Å². The molecule has 0 atom stereocenters. The summed E-state index contributed by atoms with van der Waals surface area (Å²) in [6.07, 6.45) is 2.26. The molecule has 0 aliphatic carbocycles. The second-order valence-corrected chi connectivity index (χ2v) is 5.65. The third kappa shape index (κ3) is 7.34. The van der Waals surface area contributed by atoms with Gasteiger partial charge in [-0.25, -0.2) is 0 Å². The van der Waals surface area contributed by atoms with E-state index in [0.717, 1.165) is 31.1 Å². The van der Waals surface area contributed by atoms with E-state index in [-0.39, 0.29) is 0 Å². The largest absolute Gasteiger partial charge is 0.490 e. The average Bonchev–Trinajstić information content (AvgIpc) is 2.46. The van der Waals surface area contributed by atoms with Gasteiger partial charge < -0.3 is 19.7 Å². The Kier molecular flexibility index (Phi) is 8.87. The van der Waals surface area contributed by atoms with Gasteiger partial charge in [-0.15, -0.1) is 0 Å². The van der Waals surface area contributed by atoms with Crippen LogP contribution in [0.5, 0.6) is 11.5 Å². The molecule has 0 saturated heterocycles. The van der Waals surface area contributed by atoms with Crippen molar-refractivity contribution < 1.29 is 19.7 Å². The maximum atomic E-state index is 5.73. The molecule has 0 aromatic heterocycles. The average molecular weight is 296 g/mol. The van der Waals surface area contributed by atoms with E-state index in [2.05, 4.69) is 38.5 Å². The van der Waals surface area contributed by atoms with E-state index in [0.29, 0.717) is 6.61 Å². The Bertz CT molecular complexity index is 394. The molecule has 0 spiro atoms. The van der Waals surface area contributed by atoms with Crippen LogP contribution in [0, 0.1) is 0 Å². The van der Waals surface area contributed by atoms with E-state index >= 15 is 0 Å². The Balaban J connectivity index is 2.49. The Morgan fingerprint density at radius 2 is 1.90 bits per heavy atom. The summed E-state index contributed by atoms with van der Waals surface area (Å²) in [6, 6.07) is 6.29. The second-order valence-electron chi connectivity index (χ2n) is 5.65. The fraction of sp³-hybridized carbons (Fsp3) is 0.647. The van der Waals surface area contributed by atoms with Crippen LogP contribution in [0.4, 0.5) is 0 Å². The molecule has 1 aromatic carbocycles. The van der Waals surface area contributed by atoms with Crippen LogP contribution in [0.1, 0.15) is 32.3 Å². The van der Waals surface area contributed by atoms with Crippen LogP contribution in [0.25, 0.3) is 0 Å². The zero-order valence-corrected chi connectivity index (χ0v) is 14.1. The standard InChI is InChI=1S/C17H30N2O2/c1-5-12-21-16-9-8-15(13-17(16)20-6-2)14-18-10-7-11-19(3)4/h8-9,13,18H,5-7,10-12,14H2,1-4H3/p+2. The Labute approximate surface area is 129 Å². The predicted octanol–water partition coefficient (Wildman–Crippen LogP) is 0.472. The van der Waals surface area contributed by atoms with Crippen molar-refractivity contribution >= 4 is 0 Å². The minimum Gasteiger partial charge on any atom is -0.490 e. The molecule has 3 N–H and O–H groups in total. The molecule has 0 aliphatic rings. The summed E-state index contributed by atoms with van der Waals surface area (Å²) >= 11 is 0. The van der Waals surface area contributed by atoms with Gasteiger partial charge in [-0.1, -0.05) is 6.92 Å². The first-order valence-corrected chi connectivity index (χ1v) is 8.16. The highest BCUT2D eigenvalue weighted by molar-refractivity contribution is 5.42. The molecule has 21 heavy (non-hydrogen) atoms. The van der Waals surface area contributed by atoms with Crippen molar-refractivity contribution in [3.05, 3.63) is 23.8 Å². The molecule has 0 heterocycles. The van der Waals surface area contributed by atoms with Gasteiger partial charge in [-0.05, 0) is 31.5 Å². The van der Waals surface area contributed by atoms with Gasteiger partial charge in [-0.3, -0.25) is 0 Å². The molecule has 4 nitrogen and oxygen atoms in total. The van der Waals surface area contributed by atoms with Crippen LogP contribution < -0.4 is 19.7 Å². The van der Waals surface area contributed by atoms with Gasteiger partial charge in [0.05, 0.1) is 40.4 Å². The van der Waals surface area contributed by atoms with Crippen molar-refractivity contribution in [1.29, 1.82) is 0 Å². The quantitative estimate of drug-likeness (QED) is 0.583. The maximum absolute atomic E-state index is 5.73. The summed E-state index contributed by atoms with van der Waals surface area (Å²) in [4.78, 5) is 1.51. The van der Waals surface area contributed by atoms with Gasteiger partial charge in [-0.2, -0.15) is 0 Å². The molecule has 0 bridgehead atoms. The SMILES string of the molecule is CCCOc1ccc(C[NH2+]CCC[NH+](C)C)cc1OCC. The van der Waals surface area contributed by atoms with E-state index < -0.39 is 0 Å². The second kappa shape index (κ2) is 10.5. The van der Waals surface area contributed by atoms with Crippen LogP contribution in [0.2, 0.25) is 0 Å². The molecular weight excluding hydrogens is 264 g/mol. The van der Waals surface area contributed by atoms with Crippen LogP contribution >= 0.6 is 0 Å². The van der Waals surface area contributed by atoms with Gasteiger partial charge in [0.25, 0.3) is 0 Å². The van der Waals surface area contributed by atoms with E-state index in [4.69, 9.17) is 9.47 Å². The number of hydrogen-bond acceptors (Lipinski definition) is 2. The van der Waals surface area contributed by atoms with Crippen LogP contribution in [0.3, 0.4) is 0 Å². The third-order valence-corrected chi connectivity index (χ3v) is 3.23. The smallest absolute Gasteiger partial charge is 0.161 e. The minimum absolute atomic E-state index is 0.668. The lowest BCUT2D eigenvalue weighted by Crippen LogP contribution is -3.06. The minimum atomic E-state index is 0.668. The van der Waals surface area contributed by atoms with Crippen LogP contribution in [-0.2, 0) is 6.54 Å². The van der Waals surface area contributed by atoms with Crippen LogP contribution in [-0.4, -0.2) is 40.4 Å². The number of nitrogens with two attached hydrogens (primary N) is 1. The normalized spacial score (nSPS) is 10.9. The monoisotopic (exact) mass is 296 g/mol. The van der Waals surface area contributed by atoms with Gasteiger partial charge in [0, 0.05) is 12.0 Å². The molecule has 0 saturated carbocycles. The first-order chi connectivity index (χ1) is 10.2. The molecule has 1 rings (SSSR count). The lowest BCUT2D eigenvalue weighted by Gasteiger charge is -2.12. The summed E-state index contributed by atoms with van der Waals surface area (Å²) < 4.78 is 11.4. The zero-order valence-electron chi connectivity index (χ0n) is 14.1. The number of ether oxygens (including phenoxy) is 2. The number of benzene rings is 1. The number of quaternary nitrogens is 2. The lowest BCUT2D eigenvalue weighted by atomic mass is 10.2. The van der Waals surface area contributed by atoms with E-state index in [1.165, 1.54) is 30.0 Å². The van der Waals surface area contributed by atoms with Crippen LogP contribution in [0.15, 0.2) is 18.2 Å². The van der Waals surface area contributed by atoms with Crippen molar-refractivity contribution in [2.45, 2.75) is 33.2 Å². The molecular formula is C17H32N2O2+2. The van der Waals surface area contributed by atoms with E-state index in [1.54, 1.807) is 0 Å². The topological polar surface area (TPSA) is 39.5 Å². The van der Waals surface area contributed by atoms with Gasteiger partial charge in [0.2, 0.25) is 0 Å². The fourth-order valence-corrected chi connectivity index (χ4v) is 2.15. The third-order valence-electron chi connectivity index (χ3n) is 3.23. The molecule has 0 radical (unpaired) electrons. The van der Waals surface area contributed by atoms with Crippen molar-refractivity contribution in [1.82, 2.24) is 0 Å². The van der Waals surface area contributed by atoms with Crippen molar-refractivity contribution in [2.75, 3.05) is 40.4 Å². The molecule has 0 fully saturated rings. The predicted molar refractivity (Wildman–Crippen MR) is 86.2 cm³/mol. The lowest BCUT2D eigenvalue weighted by molar-refractivity contribution is -0.860. The zero-order chi connectivity index (χ0) is 15.5. The molecule has 0 aliphatic heterocycles. The summed E-state index contributed by atoms with van der Waals surface area (Å²) in [7, 11) is 4.40. The van der Waals surface area contributed by atoms with Crippen molar-refractivity contribution in [3.8, 4) is 11.5 Å². The molecule has 4 heteroatoms. The first kappa shape index (κ1) is 17.8. The molecule has 0 amide bonds. The summed E-state index contributed by atoms with van der Waals surface area (Å²) in [5.41, 5.74) is 1.29. The number of rotatable bonds is 11. The summed E-state index contributed by atoms with van der Waals surface area (Å²) in [5.74, 6) is 1.73. The molecule has 120 valence electrons. The van der Waals surface area contributed by atoms with Crippen molar-refractivity contribution in [2.24, 2.45) is 0 Å². The summed E-state index contributed by atoms with van der Waals surface area (Å²) in [6.45, 7) is 8.91. The number of nitrogens with one attached hydrogen (secondary N) is 1. The van der Waals surface area contributed by atoms with Gasteiger partial charge in [0.1, 0.15) is 6.54 Å². The first-order valence-electron chi connectivity index (χ1n) is 8.16. The number of hydrogen-bond donors (Lipinski definition) is 2. The van der Waals surface area contributed by atoms with E-state index in [9.17, 15) is 0 Å². The molecule has 1 aromatic rings.